The summed E-state index contributed by atoms with van der Waals surface area (Å²) in [6.07, 6.45) is 2.78. The summed E-state index contributed by atoms with van der Waals surface area (Å²) >= 11 is 0. The molecular formula is C14H30N4O2. The number of hydrogen-bond donors (Lipinski definition) is 3. The standard InChI is InChI=1S/C14H30N4O2/c1-3-15-14(17-8-12-20-2)16-7-4-9-18-10-5-13(19)6-11-18/h13,19H,3-12H2,1-2H3,(H2,15,16,17). The van der Waals surface area contributed by atoms with Gasteiger partial charge in [-0.3, -0.25) is 4.99 Å². The van der Waals surface area contributed by atoms with Crippen molar-refractivity contribution < 1.29 is 9.84 Å². The molecule has 0 unspecified atom stereocenters. The summed E-state index contributed by atoms with van der Waals surface area (Å²) in [6.45, 7) is 8.28. The molecular weight excluding hydrogens is 256 g/mol. The Morgan fingerprint density at radius 2 is 2.10 bits per heavy atom. The maximum Gasteiger partial charge on any atom is 0.191 e. The summed E-state index contributed by atoms with van der Waals surface area (Å²) in [6, 6.07) is 0. The first-order valence-electron chi connectivity index (χ1n) is 7.67. The molecule has 0 aromatic carbocycles. The Morgan fingerprint density at radius 1 is 1.35 bits per heavy atom. The number of nitrogens with one attached hydrogen (secondary N) is 2. The van der Waals surface area contributed by atoms with Crippen LogP contribution in [0, 0.1) is 0 Å². The van der Waals surface area contributed by atoms with Gasteiger partial charge in [0.15, 0.2) is 5.96 Å². The molecule has 1 rings (SSSR count). The fraction of sp³-hybridized carbons (Fsp3) is 0.929. The van der Waals surface area contributed by atoms with Crippen LogP contribution in [-0.4, -0.2) is 75.1 Å². The average Bonchev–Trinajstić information content (AvgIpc) is 2.45. The van der Waals surface area contributed by atoms with E-state index in [1.165, 1.54) is 0 Å². The van der Waals surface area contributed by atoms with Crippen LogP contribution in [0.3, 0.4) is 0 Å². The normalized spacial score (nSPS) is 18.2. The van der Waals surface area contributed by atoms with E-state index in [2.05, 4.69) is 27.4 Å². The molecule has 0 radical (unpaired) electrons. The predicted molar refractivity (Wildman–Crippen MR) is 82.2 cm³/mol. The second kappa shape index (κ2) is 10.9. The third-order valence-corrected chi connectivity index (χ3v) is 3.40. The minimum atomic E-state index is -0.0883. The van der Waals surface area contributed by atoms with Crippen LogP contribution in [0.4, 0.5) is 0 Å². The van der Waals surface area contributed by atoms with E-state index in [4.69, 9.17) is 4.74 Å². The molecule has 0 amide bonds. The van der Waals surface area contributed by atoms with Crippen LogP contribution in [-0.2, 0) is 4.74 Å². The van der Waals surface area contributed by atoms with Gasteiger partial charge in [-0.2, -0.15) is 0 Å². The summed E-state index contributed by atoms with van der Waals surface area (Å²) < 4.78 is 5.01. The molecule has 3 N–H and O–H groups in total. The number of aliphatic imine (C=N–C) groups is 1. The molecule has 1 aliphatic rings. The van der Waals surface area contributed by atoms with Crippen LogP contribution >= 0.6 is 0 Å². The van der Waals surface area contributed by atoms with Gasteiger partial charge in [0.2, 0.25) is 0 Å². The van der Waals surface area contributed by atoms with Crippen molar-refractivity contribution in [2.45, 2.75) is 32.3 Å². The zero-order chi connectivity index (χ0) is 14.6. The van der Waals surface area contributed by atoms with E-state index in [1.807, 2.05) is 0 Å². The van der Waals surface area contributed by atoms with Gasteiger partial charge in [0, 0.05) is 39.8 Å². The average molecular weight is 286 g/mol. The zero-order valence-electron chi connectivity index (χ0n) is 12.9. The molecule has 1 aliphatic heterocycles. The molecule has 0 aromatic heterocycles. The van der Waals surface area contributed by atoms with Crippen molar-refractivity contribution in [1.29, 1.82) is 0 Å². The minimum Gasteiger partial charge on any atom is -0.393 e. The topological polar surface area (TPSA) is 69.1 Å². The summed E-state index contributed by atoms with van der Waals surface area (Å²) in [7, 11) is 1.70. The lowest BCUT2D eigenvalue weighted by atomic mass is 10.1. The molecule has 1 saturated heterocycles. The van der Waals surface area contributed by atoms with E-state index >= 15 is 0 Å². The number of guanidine groups is 1. The van der Waals surface area contributed by atoms with E-state index < -0.39 is 0 Å². The maximum atomic E-state index is 9.46. The van der Waals surface area contributed by atoms with Gasteiger partial charge in [-0.1, -0.05) is 0 Å². The van der Waals surface area contributed by atoms with Crippen LogP contribution in [0.1, 0.15) is 26.2 Å². The zero-order valence-corrected chi connectivity index (χ0v) is 12.9. The van der Waals surface area contributed by atoms with Gasteiger partial charge in [0.1, 0.15) is 0 Å². The highest BCUT2D eigenvalue weighted by Gasteiger charge is 2.15. The minimum absolute atomic E-state index is 0.0883. The van der Waals surface area contributed by atoms with Crippen LogP contribution in [0.5, 0.6) is 0 Å². The molecule has 1 fully saturated rings. The highest BCUT2D eigenvalue weighted by Crippen LogP contribution is 2.09. The van der Waals surface area contributed by atoms with Crippen LogP contribution in [0.15, 0.2) is 4.99 Å². The third-order valence-electron chi connectivity index (χ3n) is 3.40. The number of aliphatic hydroxyl groups is 1. The highest BCUT2D eigenvalue weighted by molar-refractivity contribution is 5.79. The molecule has 0 bridgehead atoms. The van der Waals surface area contributed by atoms with Gasteiger partial charge < -0.3 is 25.4 Å². The van der Waals surface area contributed by atoms with Crippen molar-refractivity contribution in [3.8, 4) is 0 Å². The van der Waals surface area contributed by atoms with Gasteiger partial charge in [-0.25, -0.2) is 0 Å². The fourth-order valence-electron chi connectivity index (χ4n) is 2.24. The van der Waals surface area contributed by atoms with E-state index in [-0.39, 0.29) is 6.10 Å². The number of ether oxygens (including phenoxy) is 1. The van der Waals surface area contributed by atoms with E-state index in [1.54, 1.807) is 7.11 Å². The van der Waals surface area contributed by atoms with E-state index in [0.717, 1.165) is 64.5 Å². The van der Waals surface area contributed by atoms with Crippen molar-refractivity contribution >= 4 is 5.96 Å². The molecule has 0 saturated carbocycles. The van der Waals surface area contributed by atoms with E-state index in [9.17, 15) is 5.11 Å². The SMILES string of the molecule is CCNC(=NCCCN1CCC(O)CC1)NCCOC. The first-order chi connectivity index (χ1) is 9.76. The van der Waals surface area contributed by atoms with Gasteiger partial charge in [0.25, 0.3) is 0 Å². The predicted octanol–water partition coefficient (Wildman–Crippen LogP) is 0.0347. The Hall–Kier alpha value is -0.850. The second-order valence-electron chi connectivity index (χ2n) is 5.11. The third kappa shape index (κ3) is 7.67. The molecule has 118 valence electrons. The molecule has 0 aliphatic carbocycles. The van der Waals surface area contributed by atoms with Crippen molar-refractivity contribution in [2.24, 2.45) is 4.99 Å². The molecule has 6 heteroatoms. The van der Waals surface area contributed by atoms with E-state index in [0.29, 0.717) is 6.61 Å². The highest BCUT2D eigenvalue weighted by atomic mass is 16.5. The Balaban J connectivity index is 2.15. The quantitative estimate of drug-likeness (QED) is 0.334. The largest absolute Gasteiger partial charge is 0.393 e. The smallest absolute Gasteiger partial charge is 0.191 e. The first kappa shape index (κ1) is 17.2. The molecule has 0 aromatic rings. The molecule has 20 heavy (non-hydrogen) atoms. The lowest BCUT2D eigenvalue weighted by Crippen LogP contribution is -2.39. The Morgan fingerprint density at radius 3 is 2.75 bits per heavy atom. The summed E-state index contributed by atoms with van der Waals surface area (Å²) in [5.41, 5.74) is 0. The van der Waals surface area contributed by atoms with Crippen molar-refractivity contribution in [1.82, 2.24) is 15.5 Å². The van der Waals surface area contributed by atoms with Gasteiger partial charge in [-0.05, 0) is 32.7 Å². The summed E-state index contributed by atoms with van der Waals surface area (Å²) in [4.78, 5) is 6.96. The maximum absolute atomic E-state index is 9.46. The molecule has 1 heterocycles. The number of rotatable bonds is 8. The molecule has 0 spiro atoms. The van der Waals surface area contributed by atoms with Crippen molar-refractivity contribution in [2.75, 3.05) is 53.0 Å². The summed E-state index contributed by atoms with van der Waals surface area (Å²) in [5, 5.41) is 15.9. The lowest BCUT2D eigenvalue weighted by Gasteiger charge is -2.29. The number of piperidine rings is 1. The number of aliphatic hydroxyl groups excluding tert-OH is 1. The van der Waals surface area contributed by atoms with Crippen LogP contribution in [0.25, 0.3) is 0 Å². The first-order valence-corrected chi connectivity index (χ1v) is 7.67. The Bertz CT molecular complexity index is 266. The van der Waals surface area contributed by atoms with Crippen LogP contribution < -0.4 is 10.6 Å². The monoisotopic (exact) mass is 286 g/mol. The van der Waals surface area contributed by atoms with Gasteiger partial charge >= 0.3 is 0 Å². The Labute approximate surface area is 122 Å². The van der Waals surface area contributed by atoms with Crippen molar-refractivity contribution in [3.63, 3.8) is 0 Å². The Kier molecular flexibility index (Phi) is 9.36. The number of nitrogens with zero attached hydrogens (tertiary/aromatic N) is 2. The summed E-state index contributed by atoms with van der Waals surface area (Å²) in [5.74, 6) is 0.860. The van der Waals surface area contributed by atoms with Crippen LogP contribution in [0.2, 0.25) is 0 Å². The van der Waals surface area contributed by atoms with Gasteiger partial charge in [0.05, 0.1) is 12.7 Å². The second-order valence-corrected chi connectivity index (χ2v) is 5.11. The molecule has 0 atom stereocenters. The fourth-order valence-corrected chi connectivity index (χ4v) is 2.24. The molecule has 6 nitrogen and oxygen atoms in total. The number of hydrogen-bond acceptors (Lipinski definition) is 4. The number of methoxy groups -OCH3 is 1. The lowest BCUT2D eigenvalue weighted by molar-refractivity contribution is 0.0824. The number of likely N-dealkylation sites (tertiary alicyclic amines) is 1. The van der Waals surface area contributed by atoms with Crippen molar-refractivity contribution in [3.05, 3.63) is 0 Å². The van der Waals surface area contributed by atoms with Gasteiger partial charge in [-0.15, -0.1) is 0 Å².